The lowest BCUT2D eigenvalue weighted by molar-refractivity contribution is -0.155. The van der Waals surface area contributed by atoms with Gasteiger partial charge in [0.2, 0.25) is 0 Å². The number of carbonyl (C=O) groups excluding carboxylic acids is 1. The van der Waals surface area contributed by atoms with Gasteiger partial charge in [0.15, 0.2) is 6.61 Å². The van der Waals surface area contributed by atoms with Gasteiger partial charge >= 0.3 is 5.97 Å². The van der Waals surface area contributed by atoms with Gasteiger partial charge in [-0.3, -0.25) is 0 Å². The summed E-state index contributed by atoms with van der Waals surface area (Å²) in [6.45, 7) is 6.62. The van der Waals surface area contributed by atoms with E-state index in [9.17, 15) is 4.79 Å². The third-order valence-corrected chi connectivity index (χ3v) is 3.88. The smallest absolute Gasteiger partial charge is 0.344 e. The van der Waals surface area contributed by atoms with Crippen molar-refractivity contribution in [2.45, 2.75) is 46.1 Å². The van der Waals surface area contributed by atoms with Crippen molar-refractivity contribution in [1.29, 1.82) is 0 Å². The van der Waals surface area contributed by atoms with Crippen molar-refractivity contribution in [2.75, 3.05) is 12.3 Å². The molecule has 21 heavy (non-hydrogen) atoms. The molecular formula is C17H25NO3. The van der Waals surface area contributed by atoms with Gasteiger partial charge in [-0.1, -0.05) is 20.8 Å². The van der Waals surface area contributed by atoms with E-state index >= 15 is 0 Å². The molecule has 0 amide bonds. The summed E-state index contributed by atoms with van der Waals surface area (Å²) in [5, 5.41) is 0. The maximum Gasteiger partial charge on any atom is 0.344 e. The molecule has 2 N–H and O–H groups in total. The normalized spacial score (nSPS) is 24.3. The number of ether oxygens (including phenoxy) is 2. The minimum Gasteiger partial charge on any atom is -0.482 e. The first-order valence-electron chi connectivity index (χ1n) is 7.52. The minimum atomic E-state index is -0.304. The molecule has 0 heterocycles. The predicted octanol–water partition coefficient (Wildman–Crippen LogP) is 3.41. The van der Waals surface area contributed by atoms with E-state index in [0.29, 0.717) is 17.4 Å². The molecule has 0 aliphatic heterocycles. The predicted molar refractivity (Wildman–Crippen MR) is 83.0 cm³/mol. The second-order valence-electron chi connectivity index (χ2n) is 6.88. The summed E-state index contributed by atoms with van der Waals surface area (Å²) >= 11 is 0. The van der Waals surface area contributed by atoms with Crippen molar-refractivity contribution in [2.24, 2.45) is 11.3 Å². The number of hydrogen-bond acceptors (Lipinski definition) is 4. The molecule has 4 heteroatoms. The van der Waals surface area contributed by atoms with Crippen molar-refractivity contribution in [1.82, 2.24) is 0 Å². The van der Waals surface area contributed by atoms with E-state index in [1.807, 2.05) is 0 Å². The first-order valence-corrected chi connectivity index (χ1v) is 7.52. The molecule has 0 radical (unpaired) electrons. The maximum atomic E-state index is 11.9. The second kappa shape index (κ2) is 6.37. The fourth-order valence-corrected chi connectivity index (χ4v) is 3.27. The quantitative estimate of drug-likeness (QED) is 0.682. The van der Waals surface area contributed by atoms with E-state index in [1.165, 1.54) is 6.42 Å². The summed E-state index contributed by atoms with van der Waals surface area (Å²) in [4.78, 5) is 11.9. The molecule has 0 saturated heterocycles. The highest BCUT2D eigenvalue weighted by atomic mass is 16.6. The molecule has 1 aromatic rings. The Morgan fingerprint density at radius 1 is 1.29 bits per heavy atom. The Hall–Kier alpha value is -1.71. The number of anilines is 1. The Morgan fingerprint density at radius 3 is 2.57 bits per heavy atom. The summed E-state index contributed by atoms with van der Waals surface area (Å²) in [5.41, 5.74) is 6.50. The lowest BCUT2D eigenvalue weighted by Crippen LogP contribution is -2.35. The van der Waals surface area contributed by atoms with Crippen LogP contribution in [0.1, 0.15) is 40.0 Å². The van der Waals surface area contributed by atoms with Crippen LogP contribution in [-0.2, 0) is 9.53 Å². The van der Waals surface area contributed by atoms with E-state index in [0.717, 1.165) is 12.8 Å². The van der Waals surface area contributed by atoms with E-state index in [4.69, 9.17) is 15.2 Å². The van der Waals surface area contributed by atoms with Crippen LogP contribution in [0.3, 0.4) is 0 Å². The van der Waals surface area contributed by atoms with Gasteiger partial charge < -0.3 is 15.2 Å². The van der Waals surface area contributed by atoms with Crippen molar-refractivity contribution in [3.8, 4) is 5.75 Å². The highest BCUT2D eigenvalue weighted by Gasteiger charge is 2.33. The van der Waals surface area contributed by atoms with Gasteiger partial charge in [-0.25, -0.2) is 4.79 Å². The van der Waals surface area contributed by atoms with Gasteiger partial charge in [-0.2, -0.15) is 0 Å². The molecular weight excluding hydrogens is 266 g/mol. The van der Waals surface area contributed by atoms with Crippen molar-refractivity contribution in [3.63, 3.8) is 0 Å². The highest BCUT2D eigenvalue weighted by Crippen LogP contribution is 2.39. The fraction of sp³-hybridized carbons (Fsp3) is 0.588. The van der Waals surface area contributed by atoms with E-state index < -0.39 is 0 Å². The average molecular weight is 291 g/mol. The SMILES string of the molecule is CC1CC(OC(=O)COc2ccc(N)cc2)CC(C)(C)C1. The summed E-state index contributed by atoms with van der Waals surface area (Å²) in [6.07, 6.45) is 3.05. The van der Waals surface area contributed by atoms with Crippen LogP contribution in [0.4, 0.5) is 5.69 Å². The molecule has 0 aromatic heterocycles. The Bertz CT molecular complexity index is 481. The van der Waals surface area contributed by atoms with E-state index in [-0.39, 0.29) is 24.1 Å². The van der Waals surface area contributed by atoms with Crippen LogP contribution in [-0.4, -0.2) is 18.7 Å². The Morgan fingerprint density at radius 2 is 1.95 bits per heavy atom. The van der Waals surface area contributed by atoms with Crippen molar-refractivity contribution in [3.05, 3.63) is 24.3 Å². The molecule has 2 rings (SSSR count). The molecule has 0 spiro atoms. The molecule has 1 saturated carbocycles. The van der Waals surface area contributed by atoms with Crippen LogP contribution in [0.5, 0.6) is 5.75 Å². The molecule has 116 valence electrons. The van der Waals surface area contributed by atoms with Gasteiger partial charge in [-0.15, -0.1) is 0 Å². The summed E-state index contributed by atoms with van der Waals surface area (Å²) in [5.74, 6) is 0.907. The van der Waals surface area contributed by atoms with Gasteiger partial charge in [-0.05, 0) is 54.9 Å². The zero-order valence-corrected chi connectivity index (χ0v) is 13.1. The van der Waals surface area contributed by atoms with Gasteiger partial charge in [0, 0.05) is 5.69 Å². The van der Waals surface area contributed by atoms with E-state index in [2.05, 4.69) is 20.8 Å². The number of esters is 1. The molecule has 2 atom stereocenters. The molecule has 0 bridgehead atoms. The average Bonchev–Trinajstić information content (AvgIpc) is 2.35. The van der Waals surface area contributed by atoms with Gasteiger partial charge in [0.25, 0.3) is 0 Å². The zero-order valence-electron chi connectivity index (χ0n) is 13.1. The second-order valence-corrected chi connectivity index (χ2v) is 6.88. The Labute approximate surface area is 126 Å². The number of hydrogen-bond donors (Lipinski definition) is 1. The number of nitrogens with two attached hydrogens (primary N) is 1. The van der Waals surface area contributed by atoms with Crippen molar-refractivity contribution >= 4 is 11.7 Å². The molecule has 2 unspecified atom stereocenters. The first kappa shape index (κ1) is 15.7. The third-order valence-electron chi connectivity index (χ3n) is 3.88. The Kier molecular flexibility index (Phi) is 4.76. The largest absolute Gasteiger partial charge is 0.482 e. The van der Waals surface area contributed by atoms with Crippen LogP contribution in [0.2, 0.25) is 0 Å². The highest BCUT2D eigenvalue weighted by molar-refractivity contribution is 5.71. The minimum absolute atomic E-state index is 0.00580. The van der Waals surface area contributed by atoms with Crippen LogP contribution < -0.4 is 10.5 Å². The molecule has 1 aromatic carbocycles. The van der Waals surface area contributed by atoms with Crippen molar-refractivity contribution < 1.29 is 14.3 Å². The standard InChI is InChI=1S/C17H25NO3/c1-12-8-15(10-17(2,3)9-12)21-16(19)11-20-14-6-4-13(18)5-7-14/h4-7,12,15H,8-11,18H2,1-3H3. The maximum absolute atomic E-state index is 11.9. The van der Waals surface area contributed by atoms with Gasteiger partial charge in [0.1, 0.15) is 11.9 Å². The molecule has 4 nitrogen and oxygen atoms in total. The molecule has 1 aliphatic carbocycles. The number of nitrogen functional groups attached to an aromatic ring is 1. The lowest BCUT2D eigenvalue weighted by Gasteiger charge is -2.38. The number of carbonyl (C=O) groups is 1. The van der Waals surface area contributed by atoms with Crippen LogP contribution >= 0.6 is 0 Å². The number of rotatable bonds is 4. The van der Waals surface area contributed by atoms with Crippen LogP contribution in [0.15, 0.2) is 24.3 Å². The molecule has 1 fully saturated rings. The molecule has 1 aliphatic rings. The zero-order chi connectivity index (χ0) is 15.5. The lowest BCUT2D eigenvalue weighted by atomic mass is 9.71. The van der Waals surface area contributed by atoms with E-state index in [1.54, 1.807) is 24.3 Å². The third kappa shape index (κ3) is 4.96. The van der Waals surface area contributed by atoms with Gasteiger partial charge in [0.05, 0.1) is 0 Å². The fourth-order valence-electron chi connectivity index (χ4n) is 3.27. The summed E-state index contributed by atoms with van der Waals surface area (Å²) < 4.78 is 11.0. The summed E-state index contributed by atoms with van der Waals surface area (Å²) in [6, 6.07) is 6.97. The van der Waals surface area contributed by atoms with Crippen LogP contribution in [0.25, 0.3) is 0 Å². The topological polar surface area (TPSA) is 61.5 Å². The number of benzene rings is 1. The Balaban J connectivity index is 1.80. The first-order chi connectivity index (χ1) is 9.84. The van der Waals surface area contributed by atoms with Crippen LogP contribution in [0, 0.1) is 11.3 Å². The summed E-state index contributed by atoms with van der Waals surface area (Å²) in [7, 11) is 0. The monoisotopic (exact) mass is 291 g/mol.